The van der Waals surface area contributed by atoms with Crippen LogP contribution in [-0.4, -0.2) is 47.2 Å². The van der Waals surface area contributed by atoms with Gasteiger partial charge in [-0.2, -0.15) is 0 Å². The molecule has 0 saturated carbocycles. The van der Waals surface area contributed by atoms with Gasteiger partial charge in [0.2, 0.25) is 5.91 Å². The fourth-order valence-electron chi connectivity index (χ4n) is 5.09. The molecule has 5 rings (SSSR count). The van der Waals surface area contributed by atoms with E-state index in [0.29, 0.717) is 22.5 Å². The first kappa shape index (κ1) is 25.8. The van der Waals surface area contributed by atoms with Crippen molar-refractivity contribution in [1.29, 1.82) is 0 Å². The molecular weight excluding hydrogens is 503 g/mol. The summed E-state index contributed by atoms with van der Waals surface area (Å²) < 4.78 is 53.4. The highest BCUT2D eigenvalue weighted by molar-refractivity contribution is 6.01. The quantitative estimate of drug-likeness (QED) is 0.533. The van der Waals surface area contributed by atoms with E-state index in [-0.39, 0.29) is 30.4 Å². The van der Waals surface area contributed by atoms with Crippen LogP contribution < -0.4 is 10.5 Å². The molecule has 8 nitrogen and oxygen atoms in total. The van der Waals surface area contributed by atoms with Crippen LogP contribution in [0.4, 0.5) is 23.7 Å². The van der Waals surface area contributed by atoms with Gasteiger partial charge >= 0.3 is 6.09 Å². The molecule has 0 radical (unpaired) electrons. The average molecular weight is 530 g/mol. The highest BCUT2D eigenvalue weighted by Gasteiger charge is 2.44. The van der Waals surface area contributed by atoms with Crippen LogP contribution in [0.1, 0.15) is 43.6 Å². The number of ether oxygens (including phenoxy) is 2. The van der Waals surface area contributed by atoms with E-state index in [9.17, 15) is 27.6 Å². The number of carbonyl (C=O) groups is 2. The van der Waals surface area contributed by atoms with Crippen LogP contribution in [-0.2, 0) is 27.3 Å². The number of hydrogen-bond acceptors (Lipinski definition) is 5. The number of nitrogens with zero attached hydrogens (tertiary/aromatic N) is 2. The summed E-state index contributed by atoms with van der Waals surface area (Å²) in [6.45, 7) is 5.10. The van der Waals surface area contributed by atoms with Gasteiger partial charge in [-0.1, -0.05) is 0 Å². The number of pyridine rings is 1. The van der Waals surface area contributed by atoms with Crippen LogP contribution in [0.5, 0.6) is 0 Å². The van der Waals surface area contributed by atoms with Gasteiger partial charge in [0, 0.05) is 24.7 Å². The number of carbonyl (C=O) groups excluding carboxylic acids is 2. The summed E-state index contributed by atoms with van der Waals surface area (Å²) in [7, 11) is 1.50. The lowest BCUT2D eigenvalue weighted by Gasteiger charge is -2.37. The summed E-state index contributed by atoms with van der Waals surface area (Å²) in [4.78, 5) is 44.9. The van der Waals surface area contributed by atoms with Crippen molar-refractivity contribution in [1.82, 2.24) is 9.88 Å². The zero-order valence-corrected chi connectivity index (χ0v) is 21.2. The molecule has 2 unspecified atom stereocenters. The van der Waals surface area contributed by atoms with Crippen molar-refractivity contribution in [3.05, 3.63) is 75.0 Å². The standard InChI is InChI=1S/C27H26F3N3O5/c1-27(2,3)38-26(36)33-20-6-5-14(28)7-13(20)8-21(33)25(35)32(4)22-12-37-11-19-23(22)15-9-17(29)18(30)10-16(15)24(34)31-19/h5-7,9-10,21-22H,8,11-12H2,1-4H3,(H,31,34). The second-order valence-electron chi connectivity index (χ2n) is 10.5. The largest absolute Gasteiger partial charge is 0.443 e. The molecule has 200 valence electrons. The SMILES string of the molecule is CN(C(=O)C1Cc2cc(F)ccc2N1C(=O)OC(C)(C)C)C1COCc2[nH]c(=O)c3cc(F)c(F)cc3c21. The summed E-state index contributed by atoms with van der Waals surface area (Å²) in [5, 5.41) is 0.103. The molecule has 2 aromatic carbocycles. The molecule has 2 atom stereocenters. The molecule has 3 aromatic rings. The Morgan fingerprint density at radius 2 is 1.79 bits per heavy atom. The third kappa shape index (κ3) is 4.40. The van der Waals surface area contributed by atoms with E-state index < -0.39 is 52.7 Å². The molecule has 3 heterocycles. The summed E-state index contributed by atoms with van der Waals surface area (Å²) in [5.74, 6) is -3.31. The Kier molecular flexibility index (Phi) is 6.21. The maximum atomic E-state index is 14.3. The summed E-state index contributed by atoms with van der Waals surface area (Å²) in [6.07, 6.45) is -0.718. The minimum absolute atomic E-state index is 0.0100. The predicted octanol–water partition coefficient (Wildman–Crippen LogP) is 4.34. The molecule has 1 N–H and O–H groups in total. The molecule has 0 saturated heterocycles. The Morgan fingerprint density at radius 1 is 1.11 bits per heavy atom. The zero-order chi connectivity index (χ0) is 27.5. The predicted molar refractivity (Wildman–Crippen MR) is 132 cm³/mol. The second-order valence-corrected chi connectivity index (χ2v) is 10.5. The normalized spacial score (nSPS) is 18.8. The molecule has 2 amide bonds. The van der Waals surface area contributed by atoms with Crippen LogP contribution in [0.2, 0.25) is 0 Å². The Bertz CT molecular complexity index is 1530. The molecule has 11 heteroatoms. The number of aromatic amines is 1. The topological polar surface area (TPSA) is 91.9 Å². The molecule has 0 spiro atoms. The Hall–Kier alpha value is -3.86. The first-order chi connectivity index (χ1) is 17.9. The minimum atomic E-state index is -1.17. The van der Waals surface area contributed by atoms with Crippen molar-refractivity contribution in [2.75, 3.05) is 18.6 Å². The van der Waals surface area contributed by atoms with Crippen LogP contribution in [0.25, 0.3) is 10.8 Å². The van der Waals surface area contributed by atoms with Crippen molar-refractivity contribution < 1.29 is 32.2 Å². The molecule has 2 aliphatic rings. The van der Waals surface area contributed by atoms with Crippen molar-refractivity contribution in [3.63, 3.8) is 0 Å². The summed E-state index contributed by atoms with van der Waals surface area (Å²) in [5.41, 5.74) is 0.131. The third-order valence-electron chi connectivity index (χ3n) is 6.76. The van der Waals surface area contributed by atoms with E-state index in [2.05, 4.69) is 4.98 Å². The smallest absolute Gasteiger partial charge is 0.415 e. The fourth-order valence-corrected chi connectivity index (χ4v) is 5.09. The number of H-pyrrole nitrogens is 1. The van der Waals surface area contributed by atoms with Gasteiger partial charge in [0.05, 0.1) is 30.3 Å². The number of rotatable bonds is 2. The van der Waals surface area contributed by atoms with Gasteiger partial charge in [0.1, 0.15) is 17.5 Å². The maximum Gasteiger partial charge on any atom is 0.415 e. The van der Waals surface area contributed by atoms with E-state index in [4.69, 9.17) is 9.47 Å². The third-order valence-corrected chi connectivity index (χ3v) is 6.76. The number of amides is 2. The Labute approximate surface area is 215 Å². The van der Waals surface area contributed by atoms with Crippen molar-refractivity contribution in [2.45, 2.75) is 51.5 Å². The van der Waals surface area contributed by atoms with Crippen molar-refractivity contribution in [2.24, 2.45) is 0 Å². The first-order valence-electron chi connectivity index (χ1n) is 12.0. The monoisotopic (exact) mass is 529 g/mol. The van der Waals surface area contributed by atoms with Crippen molar-refractivity contribution >= 4 is 28.5 Å². The molecular formula is C27H26F3N3O5. The van der Waals surface area contributed by atoms with Gasteiger partial charge in [-0.25, -0.2) is 18.0 Å². The van der Waals surface area contributed by atoms with Crippen LogP contribution >= 0.6 is 0 Å². The maximum absolute atomic E-state index is 14.3. The molecule has 0 bridgehead atoms. The van der Waals surface area contributed by atoms with E-state index in [1.165, 1.54) is 35.0 Å². The second kappa shape index (κ2) is 9.16. The fraction of sp³-hybridized carbons (Fsp3) is 0.370. The van der Waals surface area contributed by atoms with Gasteiger partial charge in [-0.3, -0.25) is 14.5 Å². The highest BCUT2D eigenvalue weighted by atomic mass is 19.2. The highest BCUT2D eigenvalue weighted by Crippen LogP contribution is 2.38. The van der Waals surface area contributed by atoms with Crippen LogP contribution in [0, 0.1) is 17.5 Å². The number of anilines is 1. The number of nitrogens with one attached hydrogen (secondary N) is 1. The van der Waals surface area contributed by atoms with E-state index in [1.54, 1.807) is 20.8 Å². The summed E-state index contributed by atoms with van der Waals surface area (Å²) >= 11 is 0. The lowest BCUT2D eigenvalue weighted by atomic mass is 9.95. The minimum Gasteiger partial charge on any atom is -0.443 e. The van der Waals surface area contributed by atoms with Crippen LogP contribution in [0.15, 0.2) is 35.1 Å². The van der Waals surface area contributed by atoms with E-state index in [1.807, 2.05) is 0 Å². The van der Waals surface area contributed by atoms with Gasteiger partial charge in [0.25, 0.3) is 5.56 Å². The number of benzene rings is 2. The number of halogens is 3. The molecule has 0 fully saturated rings. The molecule has 38 heavy (non-hydrogen) atoms. The van der Waals surface area contributed by atoms with Gasteiger partial charge in [0.15, 0.2) is 11.6 Å². The summed E-state index contributed by atoms with van der Waals surface area (Å²) in [6, 6.07) is 3.82. The lowest BCUT2D eigenvalue weighted by molar-refractivity contribution is -0.135. The number of hydrogen-bond donors (Lipinski definition) is 1. The van der Waals surface area contributed by atoms with Crippen molar-refractivity contribution in [3.8, 4) is 0 Å². The van der Waals surface area contributed by atoms with Crippen LogP contribution in [0.3, 0.4) is 0 Å². The average Bonchev–Trinajstić information content (AvgIpc) is 3.21. The number of likely N-dealkylation sites (N-methyl/N-ethyl adjacent to an activating group) is 1. The molecule has 1 aromatic heterocycles. The first-order valence-corrected chi connectivity index (χ1v) is 12.0. The van der Waals surface area contributed by atoms with E-state index >= 15 is 0 Å². The zero-order valence-electron chi connectivity index (χ0n) is 21.2. The van der Waals surface area contributed by atoms with Gasteiger partial charge in [-0.05, 0) is 62.1 Å². The van der Waals surface area contributed by atoms with E-state index in [0.717, 1.165) is 12.1 Å². The molecule has 2 aliphatic heterocycles. The number of fused-ring (bicyclic) bond motifs is 4. The Morgan fingerprint density at radius 3 is 2.47 bits per heavy atom. The number of aromatic nitrogens is 1. The lowest BCUT2D eigenvalue weighted by Crippen LogP contribution is -2.51. The molecule has 0 aliphatic carbocycles. The van der Waals surface area contributed by atoms with Gasteiger partial charge in [-0.15, -0.1) is 0 Å². The van der Waals surface area contributed by atoms with Gasteiger partial charge < -0.3 is 19.4 Å². The Balaban J connectivity index is 1.56.